The highest BCUT2D eigenvalue weighted by molar-refractivity contribution is 5.75. The van der Waals surface area contributed by atoms with Gasteiger partial charge in [0.15, 0.2) is 5.76 Å². The second-order valence-electron chi connectivity index (χ2n) is 6.55. The molecule has 4 rings (SSSR count). The summed E-state index contributed by atoms with van der Waals surface area (Å²) in [6.07, 6.45) is 2.94. The summed E-state index contributed by atoms with van der Waals surface area (Å²) in [4.78, 5) is 24.9. The lowest BCUT2D eigenvalue weighted by Crippen LogP contribution is -2.35. The zero-order chi connectivity index (χ0) is 19.5. The van der Waals surface area contributed by atoms with Gasteiger partial charge in [-0.2, -0.15) is 10.2 Å². The molecule has 142 valence electrons. The van der Waals surface area contributed by atoms with E-state index in [0.717, 1.165) is 10.2 Å². The van der Waals surface area contributed by atoms with Crippen LogP contribution >= 0.6 is 0 Å². The van der Waals surface area contributed by atoms with Gasteiger partial charge in [0.2, 0.25) is 5.91 Å². The van der Waals surface area contributed by atoms with E-state index in [-0.39, 0.29) is 23.9 Å². The molecule has 1 N–H and O–H groups in total. The van der Waals surface area contributed by atoms with Crippen LogP contribution in [0.5, 0.6) is 0 Å². The highest BCUT2D eigenvalue weighted by atomic mass is 16.3. The molecule has 3 heterocycles. The average molecular weight is 377 g/mol. The fourth-order valence-electron chi connectivity index (χ4n) is 2.95. The molecular formula is C20H19N5O3. The molecule has 8 heteroatoms. The number of furan rings is 1. The molecule has 0 aliphatic heterocycles. The Morgan fingerprint density at radius 2 is 2.04 bits per heavy atom. The van der Waals surface area contributed by atoms with Gasteiger partial charge in [0, 0.05) is 12.6 Å². The molecule has 0 saturated carbocycles. The number of nitrogens with one attached hydrogen (secondary N) is 1. The molecule has 0 bridgehead atoms. The third-order valence-electron chi connectivity index (χ3n) is 4.53. The van der Waals surface area contributed by atoms with Crippen LogP contribution in [-0.4, -0.2) is 31.8 Å². The second kappa shape index (κ2) is 7.51. The smallest absolute Gasteiger partial charge is 0.293 e. The SMILES string of the molecule is CC(CNC(=O)Cn1ncn2nc(-c3ccco3)cc2c1=O)c1ccccc1. The molecule has 1 atom stereocenters. The third kappa shape index (κ3) is 3.57. The lowest BCUT2D eigenvalue weighted by molar-refractivity contribution is -0.121. The molecule has 0 radical (unpaired) electrons. The molecule has 1 amide bonds. The fourth-order valence-corrected chi connectivity index (χ4v) is 2.95. The topological polar surface area (TPSA) is 94.4 Å². The molecule has 3 aromatic heterocycles. The average Bonchev–Trinajstić information content (AvgIpc) is 3.39. The lowest BCUT2D eigenvalue weighted by Gasteiger charge is -2.13. The summed E-state index contributed by atoms with van der Waals surface area (Å²) in [5.41, 5.74) is 1.61. The summed E-state index contributed by atoms with van der Waals surface area (Å²) < 4.78 is 7.82. The molecule has 0 aliphatic carbocycles. The van der Waals surface area contributed by atoms with Crippen LogP contribution in [0.2, 0.25) is 0 Å². The van der Waals surface area contributed by atoms with Gasteiger partial charge in [-0.1, -0.05) is 37.3 Å². The third-order valence-corrected chi connectivity index (χ3v) is 4.53. The van der Waals surface area contributed by atoms with E-state index in [2.05, 4.69) is 15.5 Å². The number of carbonyl (C=O) groups is 1. The van der Waals surface area contributed by atoms with Gasteiger partial charge in [0.25, 0.3) is 5.56 Å². The number of aromatic nitrogens is 4. The van der Waals surface area contributed by atoms with Crippen LogP contribution in [0.4, 0.5) is 0 Å². The van der Waals surface area contributed by atoms with Gasteiger partial charge in [0.05, 0.1) is 6.26 Å². The van der Waals surface area contributed by atoms with Gasteiger partial charge >= 0.3 is 0 Å². The summed E-state index contributed by atoms with van der Waals surface area (Å²) in [7, 11) is 0. The van der Waals surface area contributed by atoms with E-state index in [1.54, 1.807) is 18.2 Å². The standard InChI is InChI=1S/C20H19N5O3/c1-14(15-6-3-2-4-7-15)11-21-19(26)12-24-20(27)17-10-16(18-8-5-9-28-18)23-25(17)13-22-24/h2-10,13-14H,11-12H2,1H3,(H,21,26). The van der Waals surface area contributed by atoms with E-state index in [0.29, 0.717) is 23.5 Å². The number of nitrogens with zero attached hydrogens (tertiary/aromatic N) is 4. The lowest BCUT2D eigenvalue weighted by atomic mass is 10.0. The highest BCUT2D eigenvalue weighted by Crippen LogP contribution is 2.18. The van der Waals surface area contributed by atoms with Crippen molar-refractivity contribution in [1.82, 2.24) is 24.7 Å². The van der Waals surface area contributed by atoms with E-state index in [1.807, 2.05) is 37.3 Å². The van der Waals surface area contributed by atoms with Crippen LogP contribution < -0.4 is 10.9 Å². The fraction of sp³-hybridized carbons (Fsp3) is 0.200. The Balaban J connectivity index is 1.46. The van der Waals surface area contributed by atoms with E-state index < -0.39 is 0 Å². The van der Waals surface area contributed by atoms with Gasteiger partial charge in [0.1, 0.15) is 24.1 Å². The van der Waals surface area contributed by atoms with Crippen molar-refractivity contribution in [2.45, 2.75) is 19.4 Å². The van der Waals surface area contributed by atoms with Gasteiger partial charge in [-0.25, -0.2) is 9.20 Å². The summed E-state index contributed by atoms with van der Waals surface area (Å²) in [6.45, 7) is 2.36. The molecule has 0 spiro atoms. The Bertz CT molecular complexity index is 1150. The van der Waals surface area contributed by atoms with E-state index in [9.17, 15) is 9.59 Å². The summed E-state index contributed by atoms with van der Waals surface area (Å²) in [6, 6.07) is 15.1. The Morgan fingerprint density at radius 1 is 1.21 bits per heavy atom. The van der Waals surface area contributed by atoms with Crippen molar-refractivity contribution in [3.8, 4) is 11.5 Å². The number of fused-ring (bicyclic) bond motifs is 1. The minimum Gasteiger partial charge on any atom is -0.463 e. The quantitative estimate of drug-likeness (QED) is 0.555. The Kier molecular flexibility index (Phi) is 4.76. The molecule has 1 unspecified atom stereocenters. The molecule has 0 fully saturated rings. The minimum absolute atomic E-state index is 0.155. The molecule has 4 aromatic rings. The molecular weight excluding hydrogens is 358 g/mol. The summed E-state index contributed by atoms with van der Waals surface area (Å²) in [5, 5.41) is 11.2. The monoisotopic (exact) mass is 377 g/mol. The van der Waals surface area contributed by atoms with Crippen molar-refractivity contribution < 1.29 is 9.21 Å². The predicted octanol–water partition coefficient (Wildman–Crippen LogP) is 2.07. The van der Waals surface area contributed by atoms with Crippen LogP contribution in [0.15, 0.2) is 70.3 Å². The largest absolute Gasteiger partial charge is 0.463 e. The van der Waals surface area contributed by atoms with E-state index >= 15 is 0 Å². The van der Waals surface area contributed by atoms with Gasteiger partial charge in [-0.15, -0.1) is 0 Å². The first kappa shape index (κ1) is 17.7. The Labute approximate surface area is 160 Å². The highest BCUT2D eigenvalue weighted by Gasteiger charge is 2.14. The summed E-state index contributed by atoms with van der Waals surface area (Å²) in [5.74, 6) is 0.456. The number of carbonyl (C=O) groups excluding carboxylic acids is 1. The van der Waals surface area contributed by atoms with Crippen LogP contribution in [0, 0.1) is 0 Å². The zero-order valence-electron chi connectivity index (χ0n) is 15.3. The van der Waals surface area contributed by atoms with Crippen molar-refractivity contribution in [3.63, 3.8) is 0 Å². The maximum atomic E-state index is 12.6. The first-order valence-electron chi connectivity index (χ1n) is 8.93. The molecule has 0 saturated heterocycles. The number of amides is 1. The van der Waals surface area contributed by atoms with Crippen LogP contribution in [0.25, 0.3) is 17.0 Å². The Hall–Kier alpha value is -3.68. The van der Waals surface area contributed by atoms with Crippen molar-refractivity contribution in [3.05, 3.63) is 77.0 Å². The molecule has 28 heavy (non-hydrogen) atoms. The number of rotatable bonds is 6. The number of benzene rings is 1. The van der Waals surface area contributed by atoms with Gasteiger partial charge in [-0.05, 0) is 23.6 Å². The van der Waals surface area contributed by atoms with Crippen molar-refractivity contribution in [2.24, 2.45) is 0 Å². The number of hydrogen-bond donors (Lipinski definition) is 1. The van der Waals surface area contributed by atoms with E-state index in [4.69, 9.17) is 4.42 Å². The van der Waals surface area contributed by atoms with Crippen molar-refractivity contribution in [1.29, 1.82) is 0 Å². The van der Waals surface area contributed by atoms with E-state index in [1.165, 1.54) is 17.1 Å². The number of hydrogen-bond acceptors (Lipinski definition) is 5. The summed E-state index contributed by atoms with van der Waals surface area (Å²) >= 11 is 0. The van der Waals surface area contributed by atoms with Crippen LogP contribution in [-0.2, 0) is 11.3 Å². The van der Waals surface area contributed by atoms with Crippen molar-refractivity contribution >= 4 is 11.4 Å². The molecule has 0 aliphatic rings. The Morgan fingerprint density at radius 3 is 2.79 bits per heavy atom. The van der Waals surface area contributed by atoms with Gasteiger partial charge < -0.3 is 9.73 Å². The van der Waals surface area contributed by atoms with Crippen LogP contribution in [0.1, 0.15) is 18.4 Å². The first-order chi connectivity index (χ1) is 13.6. The maximum Gasteiger partial charge on any atom is 0.293 e. The minimum atomic E-state index is -0.390. The van der Waals surface area contributed by atoms with Crippen LogP contribution in [0.3, 0.4) is 0 Å². The molecule has 1 aromatic carbocycles. The van der Waals surface area contributed by atoms with Crippen molar-refractivity contribution in [2.75, 3.05) is 6.54 Å². The molecule has 8 nitrogen and oxygen atoms in total. The normalized spacial score (nSPS) is 12.2. The van der Waals surface area contributed by atoms with Gasteiger partial charge in [-0.3, -0.25) is 9.59 Å². The zero-order valence-corrected chi connectivity index (χ0v) is 15.3. The maximum absolute atomic E-state index is 12.6. The first-order valence-corrected chi connectivity index (χ1v) is 8.93. The predicted molar refractivity (Wildman–Crippen MR) is 103 cm³/mol. The second-order valence-corrected chi connectivity index (χ2v) is 6.55.